The largest absolute Gasteiger partial charge is 0.380 e. The van der Waals surface area contributed by atoms with E-state index in [9.17, 15) is 4.79 Å². The number of rotatable bonds is 8. The van der Waals surface area contributed by atoms with E-state index in [4.69, 9.17) is 10.5 Å². The minimum absolute atomic E-state index is 0.0253. The number of nitrogens with one attached hydrogen (secondary N) is 1. The van der Waals surface area contributed by atoms with Gasteiger partial charge in [-0.1, -0.05) is 31.2 Å². The van der Waals surface area contributed by atoms with Gasteiger partial charge in [-0.2, -0.15) is 0 Å². The summed E-state index contributed by atoms with van der Waals surface area (Å²) in [5, 5.41) is 2.95. The van der Waals surface area contributed by atoms with Crippen molar-refractivity contribution in [2.45, 2.75) is 45.4 Å². The van der Waals surface area contributed by atoms with E-state index in [1.54, 1.807) is 7.11 Å². The fraction of sp³-hybridized carbons (Fsp3) is 0.632. The zero-order chi connectivity index (χ0) is 17.4. The van der Waals surface area contributed by atoms with Gasteiger partial charge in [-0.3, -0.25) is 9.69 Å². The van der Waals surface area contributed by atoms with Gasteiger partial charge >= 0.3 is 0 Å². The van der Waals surface area contributed by atoms with E-state index in [0.717, 1.165) is 18.0 Å². The van der Waals surface area contributed by atoms with Gasteiger partial charge < -0.3 is 15.8 Å². The molecule has 1 amide bonds. The van der Waals surface area contributed by atoms with Gasteiger partial charge in [0.25, 0.3) is 0 Å². The maximum absolute atomic E-state index is 11.9. The molecule has 1 fully saturated rings. The van der Waals surface area contributed by atoms with E-state index in [2.05, 4.69) is 41.4 Å². The Balaban J connectivity index is 1.81. The molecule has 0 aliphatic carbocycles. The highest BCUT2D eigenvalue weighted by molar-refractivity contribution is 5.76. The van der Waals surface area contributed by atoms with Crippen molar-refractivity contribution in [3.8, 4) is 0 Å². The van der Waals surface area contributed by atoms with Crippen LogP contribution < -0.4 is 11.1 Å². The van der Waals surface area contributed by atoms with E-state index in [1.165, 1.54) is 31.5 Å². The zero-order valence-electron chi connectivity index (χ0n) is 15.0. The molecule has 134 valence electrons. The molecule has 1 unspecified atom stereocenters. The van der Waals surface area contributed by atoms with Crippen LogP contribution in [0.2, 0.25) is 0 Å². The molecule has 0 bridgehead atoms. The molecule has 5 heteroatoms. The van der Waals surface area contributed by atoms with Crippen molar-refractivity contribution in [3.05, 3.63) is 35.4 Å². The van der Waals surface area contributed by atoms with E-state index in [-0.39, 0.29) is 12.0 Å². The fourth-order valence-electron chi connectivity index (χ4n) is 3.06. The molecule has 0 aromatic heterocycles. The van der Waals surface area contributed by atoms with Gasteiger partial charge in [0.2, 0.25) is 5.91 Å². The number of benzene rings is 1. The topological polar surface area (TPSA) is 67.6 Å². The van der Waals surface area contributed by atoms with E-state index in [1.807, 2.05) is 0 Å². The molecule has 0 spiro atoms. The number of ether oxygens (including phenoxy) is 1. The smallest absolute Gasteiger partial charge is 0.222 e. The molecule has 24 heavy (non-hydrogen) atoms. The van der Waals surface area contributed by atoms with Crippen LogP contribution in [0.25, 0.3) is 0 Å². The molecule has 1 aliphatic rings. The molecule has 0 saturated carbocycles. The molecular weight excluding hydrogens is 302 g/mol. The molecular formula is C19H31N3O2. The number of hydrogen-bond acceptors (Lipinski definition) is 4. The molecule has 5 nitrogen and oxygen atoms in total. The fourth-order valence-corrected chi connectivity index (χ4v) is 3.06. The second-order valence-corrected chi connectivity index (χ2v) is 6.85. The number of nitrogens with two attached hydrogens (primary N) is 1. The van der Waals surface area contributed by atoms with Gasteiger partial charge in [0.05, 0.1) is 12.5 Å². The van der Waals surface area contributed by atoms with Crippen molar-refractivity contribution in [2.75, 3.05) is 26.7 Å². The Hall–Kier alpha value is -1.43. The number of hydrogen-bond donors (Lipinski definition) is 2. The molecule has 1 heterocycles. The highest BCUT2D eigenvalue weighted by Gasteiger charge is 2.16. The minimum atomic E-state index is -0.210. The van der Waals surface area contributed by atoms with Crippen LogP contribution in [0, 0.1) is 5.92 Å². The van der Waals surface area contributed by atoms with Gasteiger partial charge in [-0.15, -0.1) is 0 Å². The van der Waals surface area contributed by atoms with Crippen LogP contribution in [-0.2, 0) is 22.6 Å². The van der Waals surface area contributed by atoms with Gasteiger partial charge in [0, 0.05) is 26.7 Å². The molecule has 2 rings (SSSR count). The number of amides is 1. The first-order chi connectivity index (χ1) is 11.6. The highest BCUT2D eigenvalue weighted by Crippen LogP contribution is 2.18. The van der Waals surface area contributed by atoms with Crippen molar-refractivity contribution < 1.29 is 9.53 Å². The molecule has 1 aliphatic heterocycles. The third-order valence-corrected chi connectivity index (χ3v) is 4.77. The summed E-state index contributed by atoms with van der Waals surface area (Å²) in [6.45, 7) is 6.59. The Morgan fingerprint density at radius 3 is 2.75 bits per heavy atom. The maximum Gasteiger partial charge on any atom is 0.222 e. The normalized spacial score (nSPS) is 17.6. The predicted molar refractivity (Wildman–Crippen MR) is 96.4 cm³/mol. The standard InChI is InChI=1S/C19H31N3O2/c1-15-6-8-22(9-7-15)14-17-5-3-4-16(10-17)13-21-19(23)11-18(12-20)24-2/h3-5,10,15,18H,6-9,11-14,20H2,1-2H3,(H,21,23). The maximum atomic E-state index is 11.9. The van der Waals surface area contributed by atoms with Crippen LogP contribution >= 0.6 is 0 Å². The van der Waals surface area contributed by atoms with E-state index < -0.39 is 0 Å². The quantitative estimate of drug-likeness (QED) is 0.762. The van der Waals surface area contributed by atoms with E-state index in [0.29, 0.717) is 19.5 Å². The number of piperidine rings is 1. The molecule has 1 atom stereocenters. The lowest BCUT2D eigenvalue weighted by Crippen LogP contribution is -2.32. The molecule has 3 N–H and O–H groups in total. The summed E-state index contributed by atoms with van der Waals surface area (Å²) in [6, 6.07) is 8.48. The summed E-state index contributed by atoms with van der Waals surface area (Å²) in [5.41, 5.74) is 7.99. The summed E-state index contributed by atoms with van der Waals surface area (Å²) in [5.74, 6) is 0.829. The first-order valence-electron chi connectivity index (χ1n) is 8.90. The van der Waals surface area contributed by atoms with Crippen molar-refractivity contribution in [1.29, 1.82) is 0 Å². The number of nitrogens with zero attached hydrogens (tertiary/aromatic N) is 1. The number of methoxy groups -OCH3 is 1. The van der Waals surface area contributed by atoms with Crippen molar-refractivity contribution >= 4 is 5.91 Å². The van der Waals surface area contributed by atoms with Gasteiger partial charge in [-0.05, 0) is 43.0 Å². The summed E-state index contributed by atoms with van der Waals surface area (Å²) >= 11 is 0. The number of likely N-dealkylation sites (tertiary alicyclic amines) is 1. The monoisotopic (exact) mass is 333 g/mol. The minimum Gasteiger partial charge on any atom is -0.380 e. The van der Waals surface area contributed by atoms with Crippen LogP contribution in [0.1, 0.15) is 37.3 Å². The average Bonchev–Trinajstić information content (AvgIpc) is 2.60. The highest BCUT2D eigenvalue weighted by atomic mass is 16.5. The Morgan fingerprint density at radius 1 is 1.38 bits per heavy atom. The average molecular weight is 333 g/mol. The van der Waals surface area contributed by atoms with Crippen LogP contribution in [0.5, 0.6) is 0 Å². The van der Waals surface area contributed by atoms with E-state index >= 15 is 0 Å². The van der Waals surface area contributed by atoms with Crippen LogP contribution in [0.4, 0.5) is 0 Å². The first-order valence-corrected chi connectivity index (χ1v) is 8.90. The van der Waals surface area contributed by atoms with Gasteiger partial charge in [0.1, 0.15) is 0 Å². The summed E-state index contributed by atoms with van der Waals surface area (Å²) in [7, 11) is 1.58. The second-order valence-electron chi connectivity index (χ2n) is 6.85. The number of carbonyl (C=O) groups is 1. The second kappa shape index (κ2) is 9.77. The van der Waals surface area contributed by atoms with Gasteiger partial charge in [0.15, 0.2) is 0 Å². The predicted octanol–water partition coefficient (Wildman–Crippen LogP) is 1.90. The molecule has 1 aromatic carbocycles. The Morgan fingerprint density at radius 2 is 2.08 bits per heavy atom. The molecule has 1 aromatic rings. The van der Waals surface area contributed by atoms with Gasteiger partial charge in [-0.25, -0.2) is 0 Å². The summed E-state index contributed by atoms with van der Waals surface area (Å²) < 4.78 is 5.14. The summed E-state index contributed by atoms with van der Waals surface area (Å²) in [4.78, 5) is 14.4. The Bertz CT molecular complexity index is 509. The van der Waals surface area contributed by atoms with Crippen molar-refractivity contribution in [2.24, 2.45) is 11.7 Å². The molecule has 1 saturated heterocycles. The Kier molecular flexibility index (Phi) is 7.69. The number of carbonyl (C=O) groups excluding carboxylic acids is 1. The molecule has 0 radical (unpaired) electrons. The first kappa shape index (κ1) is 18.9. The van der Waals surface area contributed by atoms with Crippen LogP contribution in [0.15, 0.2) is 24.3 Å². The third-order valence-electron chi connectivity index (χ3n) is 4.77. The van der Waals surface area contributed by atoms with Crippen molar-refractivity contribution in [1.82, 2.24) is 10.2 Å². The Labute approximate surface area is 145 Å². The van der Waals surface area contributed by atoms with Crippen LogP contribution in [0.3, 0.4) is 0 Å². The van der Waals surface area contributed by atoms with Crippen molar-refractivity contribution in [3.63, 3.8) is 0 Å². The lowest BCUT2D eigenvalue weighted by molar-refractivity contribution is -0.123. The lowest BCUT2D eigenvalue weighted by atomic mass is 9.98. The SMILES string of the molecule is COC(CN)CC(=O)NCc1cccc(CN2CCC(C)CC2)c1. The summed E-state index contributed by atoms with van der Waals surface area (Å²) in [6.07, 6.45) is 2.67. The zero-order valence-corrected chi connectivity index (χ0v) is 15.0. The third kappa shape index (κ3) is 6.23. The lowest BCUT2D eigenvalue weighted by Gasteiger charge is -2.30. The van der Waals surface area contributed by atoms with Crippen LogP contribution in [-0.4, -0.2) is 43.7 Å².